The number of hydrogen-bond acceptors (Lipinski definition) is 6. The summed E-state index contributed by atoms with van der Waals surface area (Å²) in [6.07, 6.45) is 0. The molecule has 2 aromatic carbocycles. The van der Waals surface area contributed by atoms with Crippen LogP contribution >= 0.6 is 31.9 Å². The van der Waals surface area contributed by atoms with Crippen molar-refractivity contribution in [2.24, 2.45) is 0 Å². The smallest absolute Gasteiger partial charge is 0.201 e. The topological polar surface area (TPSA) is 118 Å². The lowest BCUT2D eigenvalue weighted by Gasteiger charge is -2.11. The van der Waals surface area contributed by atoms with E-state index in [1.165, 1.54) is 6.07 Å². The molecule has 2 aromatic rings. The first-order valence-corrected chi connectivity index (χ1v) is 7.02. The fourth-order valence-corrected chi connectivity index (χ4v) is 2.66. The second kappa shape index (κ2) is 5.45. The van der Waals surface area contributed by atoms with Gasteiger partial charge in [-0.3, -0.25) is 4.79 Å². The Morgan fingerprint density at radius 3 is 1.95 bits per heavy atom. The molecule has 0 spiro atoms. The van der Waals surface area contributed by atoms with E-state index in [9.17, 15) is 30.3 Å². The molecule has 110 valence electrons. The Hall–Kier alpha value is -1.93. The Kier molecular flexibility index (Phi) is 4.02. The molecule has 0 aliphatic heterocycles. The first-order valence-electron chi connectivity index (χ1n) is 5.44. The van der Waals surface area contributed by atoms with Crippen molar-refractivity contribution in [2.45, 2.75) is 0 Å². The minimum atomic E-state index is -0.758. The number of phenols is 5. The third kappa shape index (κ3) is 2.52. The molecule has 0 fully saturated rings. The van der Waals surface area contributed by atoms with Crippen molar-refractivity contribution < 1.29 is 30.3 Å². The summed E-state index contributed by atoms with van der Waals surface area (Å²) in [5, 5.41) is 47.4. The van der Waals surface area contributed by atoms with Gasteiger partial charge in [0.1, 0.15) is 0 Å². The van der Waals surface area contributed by atoms with Crippen molar-refractivity contribution >= 4 is 37.6 Å². The highest BCUT2D eigenvalue weighted by atomic mass is 79.9. The molecule has 0 radical (unpaired) electrons. The third-order valence-corrected chi connectivity index (χ3v) is 4.38. The molecule has 0 unspecified atom stereocenters. The van der Waals surface area contributed by atoms with Gasteiger partial charge in [-0.15, -0.1) is 0 Å². The summed E-state index contributed by atoms with van der Waals surface area (Å²) in [5.74, 6) is -3.69. The first kappa shape index (κ1) is 15.5. The van der Waals surface area contributed by atoms with E-state index in [1.54, 1.807) is 0 Å². The van der Waals surface area contributed by atoms with Gasteiger partial charge in [-0.05, 0) is 50.1 Å². The normalized spacial score (nSPS) is 10.6. The van der Waals surface area contributed by atoms with Crippen LogP contribution in [0.1, 0.15) is 15.9 Å². The lowest BCUT2D eigenvalue weighted by molar-refractivity contribution is 0.103. The summed E-state index contributed by atoms with van der Waals surface area (Å²) >= 11 is 5.94. The molecule has 5 N–H and O–H groups in total. The van der Waals surface area contributed by atoms with Crippen LogP contribution in [-0.2, 0) is 0 Å². The lowest BCUT2D eigenvalue weighted by atomic mass is 10.0. The minimum absolute atomic E-state index is 0.00418. The molecule has 2 rings (SSSR count). The minimum Gasteiger partial charge on any atom is -0.504 e. The molecular weight excluding hydrogens is 412 g/mol. The maximum Gasteiger partial charge on any atom is 0.201 e. The maximum atomic E-state index is 12.4. The summed E-state index contributed by atoms with van der Waals surface area (Å²) in [4.78, 5) is 12.4. The number of hydrogen-bond donors (Lipinski definition) is 5. The van der Waals surface area contributed by atoms with Crippen molar-refractivity contribution in [1.82, 2.24) is 0 Å². The molecule has 0 aliphatic carbocycles. The van der Waals surface area contributed by atoms with Gasteiger partial charge in [-0.25, -0.2) is 0 Å². The van der Waals surface area contributed by atoms with E-state index in [-0.39, 0.29) is 20.1 Å². The zero-order chi connectivity index (χ0) is 15.9. The van der Waals surface area contributed by atoms with Gasteiger partial charge in [0.2, 0.25) is 5.75 Å². The Labute approximate surface area is 135 Å². The summed E-state index contributed by atoms with van der Waals surface area (Å²) in [6.45, 7) is 0. The highest BCUT2D eigenvalue weighted by molar-refractivity contribution is 9.11. The van der Waals surface area contributed by atoms with Crippen molar-refractivity contribution in [1.29, 1.82) is 0 Å². The molecular formula is C13H8Br2O6. The maximum absolute atomic E-state index is 12.4. The van der Waals surface area contributed by atoms with Gasteiger partial charge in [-0.1, -0.05) is 0 Å². The quantitative estimate of drug-likeness (QED) is 0.377. The van der Waals surface area contributed by atoms with Crippen molar-refractivity contribution in [3.05, 3.63) is 38.3 Å². The van der Waals surface area contributed by atoms with Crippen LogP contribution < -0.4 is 0 Å². The van der Waals surface area contributed by atoms with Crippen LogP contribution in [0.25, 0.3) is 0 Å². The van der Waals surface area contributed by atoms with Gasteiger partial charge in [0, 0.05) is 11.1 Å². The summed E-state index contributed by atoms with van der Waals surface area (Å²) < 4.78 is -0.145. The number of benzene rings is 2. The van der Waals surface area contributed by atoms with Crippen molar-refractivity contribution in [3.63, 3.8) is 0 Å². The fourth-order valence-electron chi connectivity index (χ4n) is 1.66. The predicted molar refractivity (Wildman–Crippen MR) is 80.0 cm³/mol. The van der Waals surface area contributed by atoms with Gasteiger partial charge >= 0.3 is 0 Å². The van der Waals surface area contributed by atoms with Crippen LogP contribution in [0.2, 0.25) is 0 Å². The van der Waals surface area contributed by atoms with E-state index in [0.29, 0.717) is 0 Å². The first-order chi connectivity index (χ1) is 9.75. The number of ketones is 1. The van der Waals surface area contributed by atoms with Gasteiger partial charge in [0.25, 0.3) is 0 Å². The standard InChI is InChI=1S/C13H8Br2O6/c14-8-4(1-2-6(16)11(8)19)10(18)5-3-7(17)12(20)13(21)9(5)15/h1-3,16-17,19-21H. The van der Waals surface area contributed by atoms with E-state index in [0.717, 1.165) is 12.1 Å². The highest BCUT2D eigenvalue weighted by Crippen LogP contribution is 2.44. The zero-order valence-electron chi connectivity index (χ0n) is 10.1. The number of rotatable bonds is 2. The van der Waals surface area contributed by atoms with Crippen LogP contribution in [-0.4, -0.2) is 31.3 Å². The second-order valence-electron chi connectivity index (χ2n) is 4.08. The molecule has 0 amide bonds. The Balaban J connectivity index is 2.64. The van der Waals surface area contributed by atoms with E-state index in [2.05, 4.69) is 31.9 Å². The number of carbonyl (C=O) groups is 1. The van der Waals surface area contributed by atoms with Crippen LogP contribution in [0, 0.1) is 0 Å². The molecule has 6 nitrogen and oxygen atoms in total. The summed E-state index contributed by atoms with van der Waals surface area (Å²) in [7, 11) is 0. The molecule has 8 heteroatoms. The van der Waals surface area contributed by atoms with Crippen LogP contribution in [0.3, 0.4) is 0 Å². The fraction of sp³-hybridized carbons (Fsp3) is 0. The molecule has 0 saturated heterocycles. The van der Waals surface area contributed by atoms with Crippen molar-refractivity contribution in [3.8, 4) is 28.7 Å². The molecule has 0 heterocycles. The molecule has 0 bridgehead atoms. The van der Waals surface area contributed by atoms with Gasteiger partial charge in [0.15, 0.2) is 28.8 Å². The van der Waals surface area contributed by atoms with E-state index < -0.39 is 34.5 Å². The van der Waals surface area contributed by atoms with Crippen molar-refractivity contribution in [2.75, 3.05) is 0 Å². The van der Waals surface area contributed by atoms with E-state index in [4.69, 9.17) is 0 Å². The third-order valence-electron chi connectivity index (χ3n) is 2.78. The van der Waals surface area contributed by atoms with E-state index >= 15 is 0 Å². The van der Waals surface area contributed by atoms with Gasteiger partial charge < -0.3 is 25.5 Å². The predicted octanol–water partition coefficient (Wildman–Crippen LogP) is 2.97. The van der Waals surface area contributed by atoms with E-state index in [1.807, 2.05) is 0 Å². The Morgan fingerprint density at radius 2 is 1.33 bits per heavy atom. The van der Waals surface area contributed by atoms with Crippen LogP contribution in [0.15, 0.2) is 27.1 Å². The Bertz CT molecular complexity index is 757. The number of halogens is 2. The Morgan fingerprint density at radius 1 is 0.762 bits per heavy atom. The molecule has 0 aromatic heterocycles. The molecule has 0 saturated carbocycles. The zero-order valence-corrected chi connectivity index (χ0v) is 13.3. The average Bonchev–Trinajstić information content (AvgIpc) is 2.46. The van der Waals surface area contributed by atoms with Gasteiger partial charge in [-0.2, -0.15) is 0 Å². The second-order valence-corrected chi connectivity index (χ2v) is 5.66. The average molecular weight is 420 g/mol. The SMILES string of the molecule is O=C(c1ccc(O)c(O)c1Br)c1cc(O)c(O)c(O)c1Br. The summed E-state index contributed by atoms with van der Waals surface area (Å²) in [6, 6.07) is 3.36. The van der Waals surface area contributed by atoms with Crippen LogP contribution in [0.5, 0.6) is 28.7 Å². The monoisotopic (exact) mass is 418 g/mol. The number of aromatic hydroxyl groups is 5. The highest BCUT2D eigenvalue weighted by Gasteiger charge is 2.23. The summed E-state index contributed by atoms with van der Waals surface area (Å²) in [5.41, 5.74) is -0.135. The largest absolute Gasteiger partial charge is 0.504 e. The molecule has 0 atom stereocenters. The number of phenolic OH excluding ortho intramolecular Hbond substituents is 5. The van der Waals surface area contributed by atoms with Gasteiger partial charge in [0.05, 0.1) is 8.95 Å². The number of carbonyl (C=O) groups excluding carboxylic acids is 1. The molecule has 21 heavy (non-hydrogen) atoms. The van der Waals surface area contributed by atoms with Crippen LogP contribution in [0.4, 0.5) is 0 Å². The molecule has 0 aliphatic rings. The lowest BCUT2D eigenvalue weighted by Crippen LogP contribution is -2.04.